The maximum atomic E-state index is 13.4. The molecule has 0 saturated heterocycles. The maximum Gasteiger partial charge on any atom is 0.352 e. The zero-order chi connectivity index (χ0) is 25.4. The Balaban J connectivity index is 1.90. The van der Waals surface area contributed by atoms with Gasteiger partial charge in [-0.25, -0.2) is 18.3 Å². The van der Waals surface area contributed by atoms with E-state index in [1.165, 1.54) is 33.2 Å². The lowest BCUT2D eigenvalue weighted by Crippen LogP contribution is -2.32. The van der Waals surface area contributed by atoms with Crippen molar-refractivity contribution in [2.75, 3.05) is 0 Å². The van der Waals surface area contributed by atoms with Gasteiger partial charge in [0, 0.05) is 23.2 Å². The molecule has 35 heavy (non-hydrogen) atoms. The van der Waals surface area contributed by atoms with E-state index in [0.717, 1.165) is 23.2 Å². The number of Topliss-reactive ketones (excluding diaryl/α,β-unsaturated/α-hetero) is 1. The van der Waals surface area contributed by atoms with Crippen LogP contribution >= 0.6 is 0 Å². The number of amides is 1. The summed E-state index contributed by atoms with van der Waals surface area (Å²) in [6.45, 7) is 7.01. The molecular weight excluding hydrogens is 453 g/mol. The summed E-state index contributed by atoms with van der Waals surface area (Å²) in [4.78, 5) is 52.1. The molecule has 9 nitrogen and oxygen atoms in total. The summed E-state index contributed by atoms with van der Waals surface area (Å²) >= 11 is 0. The summed E-state index contributed by atoms with van der Waals surface area (Å²) in [6, 6.07) is 9.17. The van der Waals surface area contributed by atoms with Crippen molar-refractivity contribution >= 4 is 28.4 Å². The quantitative estimate of drug-likeness (QED) is 0.410. The van der Waals surface area contributed by atoms with Gasteiger partial charge in [0.2, 0.25) is 5.78 Å². The third-order valence-electron chi connectivity index (χ3n) is 5.95. The van der Waals surface area contributed by atoms with Crippen LogP contribution in [0.25, 0.3) is 16.7 Å². The number of carbonyl (C=O) groups is 2. The zero-order valence-electron chi connectivity index (χ0n) is 19.9. The predicted octanol–water partition coefficient (Wildman–Crippen LogP) is 2.94. The number of aromatic nitrogens is 4. The molecule has 1 unspecified atom stereocenters. The summed E-state index contributed by atoms with van der Waals surface area (Å²) in [7, 11) is 0. The molecule has 0 aliphatic carbocycles. The second kappa shape index (κ2) is 9.28. The van der Waals surface area contributed by atoms with E-state index < -0.39 is 23.8 Å². The van der Waals surface area contributed by atoms with E-state index in [1.807, 2.05) is 13.8 Å². The number of carbonyl (C=O) groups excluding carboxylic acids is 2. The van der Waals surface area contributed by atoms with Crippen molar-refractivity contribution in [1.82, 2.24) is 24.1 Å². The van der Waals surface area contributed by atoms with Crippen LogP contribution in [0, 0.1) is 5.82 Å². The van der Waals surface area contributed by atoms with Gasteiger partial charge in [-0.2, -0.15) is 0 Å². The van der Waals surface area contributed by atoms with Crippen LogP contribution in [0.5, 0.6) is 0 Å². The Kier molecular flexibility index (Phi) is 6.38. The first kappa shape index (κ1) is 24.1. The molecule has 1 amide bonds. The monoisotopic (exact) mass is 479 g/mol. The average molecular weight is 480 g/mol. The lowest BCUT2D eigenvalue weighted by Gasteiger charge is -2.14. The second-order valence-electron chi connectivity index (χ2n) is 8.79. The lowest BCUT2D eigenvalue weighted by atomic mass is 10.1. The lowest BCUT2D eigenvalue weighted by molar-refractivity contribution is 0.0937. The molecule has 0 fully saturated rings. The minimum atomic E-state index is -0.630. The summed E-state index contributed by atoms with van der Waals surface area (Å²) < 4.78 is 16.8. The van der Waals surface area contributed by atoms with Crippen LogP contribution in [0.1, 0.15) is 60.9 Å². The van der Waals surface area contributed by atoms with Crippen molar-refractivity contribution in [2.45, 2.75) is 52.7 Å². The molecule has 0 aliphatic heterocycles. The molecule has 182 valence electrons. The first-order chi connectivity index (χ1) is 16.6. The van der Waals surface area contributed by atoms with Crippen LogP contribution in [0.4, 0.5) is 4.39 Å². The van der Waals surface area contributed by atoms with Crippen LogP contribution in [-0.2, 0) is 6.54 Å². The third-order valence-corrected chi connectivity index (χ3v) is 5.95. The van der Waals surface area contributed by atoms with E-state index in [2.05, 4.69) is 10.4 Å². The molecule has 2 aromatic heterocycles. The van der Waals surface area contributed by atoms with Crippen molar-refractivity contribution in [2.24, 2.45) is 0 Å². The van der Waals surface area contributed by atoms with Crippen LogP contribution in [-0.4, -0.2) is 36.5 Å². The number of hydrogen-bond donors (Lipinski definition) is 1. The van der Waals surface area contributed by atoms with Gasteiger partial charge in [0.05, 0.1) is 10.9 Å². The summed E-state index contributed by atoms with van der Waals surface area (Å²) in [6.07, 6.45) is 0.747. The fourth-order valence-electron chi connectivity index (χ4n) is 3.86. The molecule has 0 aliphatic rings. The Bertz CT molecular complexity index is 1560. The average Bonchev–Trinajstić information content (AvgIpc) is 3.14. The van der Waals surface area contributed by atoms with Gasteiger partial charge < -0.3 is 5.32 Å². The Morgan fingerprint density at radius 3 is 2.31 bits per heavy atom. The topological polar surface area (TPSA) is 107 Å². The van der Waals surface area contributed by atoms with Gasteiger partial charge >= 0.3 is 5.69 Å². The van der Waals surface area contributed by atoms with E-state index in [1.54, 1.807) is 19.9 Å². The molecule has 4 aromatic rings. The van der Waals surface area contributed by atoms with Crippen molar-refractivity contribution in [1.29, 1.82) is 0 Å². The second-order valence-corrected chi connectivity index (χ2v) is 8.79. The third kappa shape index (κ3) is 4.39. The summed E-state index contributed by atoms with van der Waals surface area (Å²) in [5.41, 5.74) is -0.245. The number of ketones is 1. The SMILES string of the molecule is CCC(C)NC(=O)c1ccc2c(=O)n(C(C)C)c3nn(CC(=O)c4ccc(F)cc4)c(=O)n3c2c1. The Morgan fingerprint density at radius 1 is 1.03 bits per heavy atom. The molecule has 4 rings (SSSR count). The molecule has 1 atom stereocenters. The van der Waals surface area contributed by atoms with Gasteiger partial charge in [0.1, 0.15) is 12.4 Å². The molecule has 0 bridgehead atoms. The minimum absolute atomic E-state index is 0.0462. The van der Waals surface area contributed by atoms with Crippen molar-refractivity contribution in [3.8, 4) is 0 Å². The molecule has 0 radical (unpaired) electrons. The van der Waals surface area contributed by atoms with Gasteiger partial charge in [-0.15, -0.1) is 5.10 Å². The molecule has 0 saturated carbocycles. The number of nitrogens with zero attached hydrogens (tertiary/aromatic N) is 4. The molecule has 1 N–H and O–H groups in total. The highest BCUT2D eigenvalue weighted by Crippen LogP contribution is 2.17. The van der Waals surface area contributed by atoms with Crippen molar-refractivity contribution in [3.05, 3.63) is 80.2 Å². The Labute approximate surface area is 199 Å². The number of fused-ring (bicyclic) bond motifs is 3. The van der Waals surface area contributed by atoms with E-state index in [9.17, 15) is 23.6 Å². The van der Waals surface area contributed by atoms with Gasteiger partial charge in [0.15, 0.2) is 5.78 Å². The number of halogens is 1. The normalized spacial score (nSPS) is 12.4. The minimum Gasteiger partial charge on any atom is -0.350 e. The van der Waals surface area contributed by atoms with Gasteiger partial charge in [-0.05, 0) is 69.7 Å². The Hall–Kier alpha value is -4.08. The predicted molar refractivity (Wildman–Crippen MR) is 130 cm³/mol. The van der Waals surface area contributed by atoms with E-state index in [4.69, 9.17) is 0 Å². The van der Waals surface area contributed by atoms with Crippen molar-refractivity contribution < 1.29 is 14.0 Å². The largest absolute Gasteiger partial charge is 0.352 e. The molecule has 0 spiro atoms. The number of hydrogen-bond acceptors (Lipinski definition) is 5. The fourth-order valence-corrected chi connectivity index (χ4v) is 3.86. The van der Waals surface area contributed by atoms with E-state index >= 15 is 0 Å². The maximum absolute atomic E-state index is 13.4. The van der Waals surface area contributed by atoms with E-state index in [0.29, 0.717) is 5.56 Å². The number of benzene rings is 2. The highest BCUT2D eigenvalue weighted by atomic mass is 19.1. The fraction of sp³-hybridized carbons (Fsp3) is 0.320. The Morgan fingerprint density at radius 2 is 1.69 bits per heavy atom. The standard InChI is InChI=1S/C25H26FN5O4/c1-5-15(4)27-22(33)17-8-11-19-20(12-17)31-24(30(14(2)3)23(19)34)28-29(25(31)35)13-21(32)16-6-9-18(26)10-7-16/h6-12,14-15H,5,13H2,1-4H3,(H,27,33). The highest BCUT2D eigenvalue weighted by molar-refractivity contribution is 5.98. The number of nitrogens with one attached hydrogen (secondary N) is 1. The highest BCUT2D eigenvalue weighted by Gasteiger charge is 2.21. The van der Waals surface area contributed by atoms with Gasteiger partial charge in [0.25, 0.3) is 11.5 Å². The smallest absolute Gasteiger partial charge is 0.350 e. The van der Waals surface area contributed by atoms with Gasteiger partial charge in [-0.3, -0.25) is 19.0 Å². The number of rotatable bonds is 7. The van der Waals surface area contributed by atoms with Crippen LogP contribution in [0.3, 0.4) is 0 Å². The van der Waals surface area contributed by atoms with E-state index in [-0.39, 0.29) is 45.8 Å². The molecule has 2 heterocycles. The van der Waals surface area contributed by atoms with Crippen LogP contribution < -0.4 is 16.6 Å². The molecule has 2 aromatic carbocycles. The zero-order valence-corrected chi connectivity index (χ0v) is 19.9. The van der Waals surface area contributed by atoms with Crippen LogP contribution in [0.2, 0.25) is 0 Å². The molecule has 10 heteroatoms. The first-order valence-electron chi connectivity index (χ1n) is 11.4. The summed E-state index contributed by atoms with van der Waals surface area (Å²) in [5.74, 6) is -1.18. The molecular formula is C25H26FN5O4. The summed E-state index contributed by atoms with van der Waals surface area (Å²) in [5, 5.41) is 7.42. The first-order valence-corrected chi connectivity index (χ1v) is 11.4. The van der Waals surface area contributed by atoms with Gasteiger partial charge in [-0.1, -0.05) is 6.92 Å². The van der Waals surface area contributed by atoms with Crippen molar-refractivity contribution in [3.63, 3.8) is 0 Å². The van der Waals surface area contributed by atoms with Crippen LogP contribution in [0.15, 0.2) is 52.1 Å².